The molecular formula is C8H10BrCl2N3. The summed E-state index contributed by atoms with van der Waals surface area (Å²) < 4.78 is 2.95. The van der Waals surface area contributed by atoms with Gasteiger partial charge in [0.25, 0.3) is 0 Å². The molecule has 0 fully saturated rings. The molecule has 0 unspecified atom stereocenters. The zero-order chi connectivity index (χ0) is 8.55. The van der Waals surface area contributed by atoms with Crippen molar-refractivity contribution in [3.63, 3.8) is 0 Å². The highest BCUT2D eigenvalue weighted by atomic mass is 79.9. The Morgan fingerprint density at radius 3 is 2.64 bits per heavy atom. The van der Waals surface area contributed by atoms with E-state index >= 15 is 0 Å². The van der Waals surface area contributed by atoms with Crippen molar-refractivity contribution in [1.29, 1.82) is 0 Å². The van der Waals surface area contributed by atoms with Crippen LogP contribution in [0.3, 0.4) is 0 Å². The molecule has 2 rings (SSSR count). The number of nitrogens with zero attached hydrogens (tertiary/aromatic N) is 2. The summed E-state index contributed by atoms with van der Waals surface area (Å²) in [6, 6.07) is 5.87. The first-order valence-electron chi connectivity index (χ1n) is 3.64. The zero-order valence-corrected chi connectivity index (χ0v) is 10.4. The standard InChI is InChI=1S/C8H8BrN3.2ClH/c9-7-2-1-3-8-11-6(4-10)5-12(7)8;;/h1-3,5H,4,10H2;2*1H. The lowest BCUT2D eigenvalue weighted by atomic mass is 10.5. The molecule has 2 heterocycles. The minimum Gasteiger partial charge on any atom is -0.325 e. The third-order valence-electron chi connectivity index (χ3n) is 1.70. The third-order valence-corrected chi connectivity index (χ3v) is 2.35. The van der Waals surface area contributed by atoms with Crippen molar-refractivity contribution in [3.8, 4) is 0 Å². The maximum absolute atomic E-state index is 5.47. The first kappa shape index (κ1) is 13.7. The van der Waals surface area contributed by atoms with Crippen LogP contribution in [-0.2, 0) is 6.54 Å². The number of hydrogen-bond acceptors (Lipinski definition) is 2. The van der Waals surface area contributed by atoms with E-state index in [9.17, 15) is 0 Å². The van der Waals surface area contributed by atoms with Gasteiger partial charge in [0.1, 0.15) is 5.65 Å². The highest BCUT2D eigenvalue weighted by Crippen LogP contribution is 2.13. The molecule has 0 spiro atoms. The lowest BCUT2D eigenvalue weighted by Crippen LogP contribution is -1.95. The van der Waals surface area contributed by atoms with Crippen LogP contribution in [0, 0.1) is 0 Å². The average molecular weight is 299 g/mol. The summed E-state index contributed by atoms with van der Waals surface area (Å²) in [4.78, 5) is 4.30. The maximum Gasteiger partial charge on any atom is 0.137 e. The summed E-state index contributed by atoms with van der Waals surface area (Å²) in [5.41, 5.74) is 7.30. The number of imidazole rings is 1. The fraction of sp³-hybridized carbons (Fsp3) is 0.125. The number of rotatable bonds is 1. The fourth-order valence-corrected chi connectivity index (χ4v) is 1.56. The van der Waals surface area contributed by atoms with Gasteiger partial charge in [0.15, 0.2) is 0 Å². The number of aromatic nitrogens is 2. The third kappa shape index (κ3) is 2.39. The second-order valence-electron chi connectivity index (χ2n) is 2.51. The van der Waals surface area contributed by atoms with E-state index in [1.165, 1.54) is 0 Å². The van der Waals surface area contributed by atoms with E-state index in [1.807, 2.05) is 28.8 Å². The quantitative estimate of drug-likeness (QED) is 0.822. The van der Waals surface area contributed by atoms with Gasteiger partial charge in [0.2, 0.25) is 0 Å². The molecule has 0 aliphatic rings. The Hall–Kier alpha value is -0.290. The van der Waals surface area contributed by atoms with Crippen LogP contribution in [-0.4, -0.2) is 9.38 Å². The van der Waals surface area contributed by atoms with Crippen molar-refractivity contribution in [1.82, 2.24) is 9.38 Å². The molecule has 78 valence electrons. The smallest absolute Gasteiger partial charge is 0.137 e. The van der Waals surface area contributed by atoms with Gasteiger partial charge < -0.3 is 5.73 Å². The Morgan fingerprint density at radius 2 is 2.07 bits per heavy atom. The van der Waals surface area contributed by atoms with Crippen molar-refractivity contribution < 1.29 is 0 Å². The highest BCUT2D eigenvalue weighted by molar-refractivity contribution is 9.10. The fourth-order valence-electron chi connectivity index (χ4n) is 1.13. The Morgan fingerprint density at radius 1 is 1.36 bits per heavy atom. The van der Waals surface area contributed by atoms with E-state index in [-0.39, 0.29) is 24.8 Å². The molecule has 0 aliphatic heterocycles. The molecule has 6 heteroatoms. The van der Waals surface area contributed by atoms with Gasteiger partial charge in [0, 0.05) is 12.7 Å². The zero-order valence-electron chi connectivity index (χ0n) is 7.18. The Bertz CT molecular complexity index is 416. The van der Waals surface area contributed by atoms with E-state index in [2.05, 4.69) is 20.9 Å². The first-order chi connectivity index (χ1) is 5.81. The van der Waals surface area contributed by atoms with Crippen molar-refractivity contribution in [3.05, 3.63) is 34.7 Å². The maximum atomic E-state index is 5.47. The van der Waals surface area contributed by atoms with Gasteiger partial charge in [-0.25, -0.2) is 4.98 Å². The molecule has 0 aromatic carbocycles. The van der Waals surface area contributed by atoms with Crippen LogP contribution in [0.2, 0.25) is 0 Å². The summed E-state index contributed by atoms with van der Waals surface area (Å²) in [6.45, 7) is 0.480. The van der Waals surface area contributed by atoms with Crippen molar-refractivity contribution >= 4 is 46.4 Å². The van der Waals surface area contributed by atoms with Gasteiger partial charge in [-0.15, -0.1) is 24.8 Å². The Kier molecular flexibility index (Phi) is 5.44. The van der Waals surface area contributed by atoms with Gasteiger partial charge in [-0.1, -0.05) is 6.07 Å². The Balaban J connectivity index is 0.000000845. The van der Waals surface area contributed by atoms with Gasteiger partial charge in [-0.3, -0.25) is 4.40 Å². The first-order valence-corrected chi connectivity index (χ1v) is 4.43. The molecule has 0 saturated heterocycles. The molecule has 0 amide bonds. The van der Waals surface area contributed by atoms with Crippen molar-refractivity contribution in [2.45, 2.75) is 6.54 Å². The highest BCUT2D eigenvalue weighted by Gasteiger charge is 2.00. The molecule has 0 radical (unpaired) electrons. The van der Waals surface area contributed by atoms with Crippen LogP contribution in [0.25, 0.3) is 5.65 Å². The van der Waals surface area contributed by atoms with E-state index < -0.39 is 0 Å². The molecule has 3 nitrogen and oxygen atoms in total. The van der Waals surface area contributed by atoms with Crippen LogP contribution in [0.5, 0.6) is 0 Å². The molecule has 2 aromatic heterocycles. The molecule has 2 N–H and O–H groups in total. The minimum absolute atomic E-state index is 0. The lowest BCUT2D eigenvalue weighted by Gasteiger charge is -1.93. The Labute approximate surface area is 103 Å². The van der Waals surface area contributed by atoms with E-state index in [0.29, 0.717) is 6.54 Å². The molecule has 0 aliphatic carbocycles. The van der Waals surface area contributed by atoms with Crippen LogP contribution >= 0.6 is 40.7 Å². The topological polar surface area (TPSA) is 43.3 Å². The molecule has 0 bridgehead atoms. The van der Waals surface area contributed by atoms with Crippen LogP contribution in [0.4, 0.5) is 0 Å². The molecule has 2 aromatic rings. The summed E-state index contributed by atoms with van der Waals surface area (Å²) in [5, 5.41) is 0. The van der Waals surface area contributed by atoms with Crippen LogP contribution in [0.15, 0.2) is 29.0 Å². The van der Waals surface area contributed by atoms with Crippen molar-refractivity contribution in [2.75, 3.05) is 0 Å². The van der Waals surface area contributed by atoms with E-state index in [1.54, 1.807) is 0 Å². The average Bonchev–Trinajstić information content (AvgIpc) is 2.49. The summed E-state index contributed by atoms with van der Waals surface area (Å²) >= 11 is 3.42. The summed E-state index contributed by atoms with van der Waals surface area (Å²) in [5.74, 6) is 0. The van der Waals surface area contributed by atoms with E-state index in [4.69, 9.17) is 5.73 Å². The normalized spacial score (nSPS) is 9.29. The number of hydrogen-bond donors (Lipinski definition) is 1. The molecular weight excluding hydrogens is 289 g/mol. The van der Waals surface area contributed by atoms with Gasteiger partial charge in [-0.05, 0) is 28.1 Å². The van der Waals surface area contributed by atoms with Gasteiger partial charge in [0.05, 0.1) is 10.3 Å². The second kappa shape index (κ2) is 5.56. The monoisotopic (exact) mass is 297 g/mol. The lowest BCUT2D eigenvalue weighted by molar-refractivity contribution is 1.01. The van der Waals surface area contributed by atoms with Crippen molar-refractivity contribution in [2.24, 2.45) is 5.73 Å². The second-order valence-corrected chi connectivity index (χ2v) is 3.33. The van der Waals surface area contributed by atoms with E-state index in [0.717, 1.165) is 15.9 Å². The summed E-state index contributed by atoms with van der Waals surface area (Å²) in [7, 11) is 0. The van der Waals surface area contributed by atoms with Gasteiger partial charge in [-0.2, -0.15) is 0 Å². The van der Waals surface area contributed by atoms with Gasteiger partial charge >= 0.3 is 0 Å². The number of nitrogens with two attached hydrogens (primary N) is 1. The SMILES string of the molecule is Cl.Cl.NCc1cn2c(Br)cccc2n1. The molecule has 0 atom stereocenters. The minimum atomic E-state index is 0. The van der Waals surface area contributed by atoms with Crippen LogP contribution < -0.4 is 5.73 Å². The molecule has 14 heavy (non-hydrogen) atoms. The number of fused-ring (bicyclic) bond motifs is 1. The predicted octanol–water partition coefficient (Wildman–Crippen LogP) is 2.40. The molecule has 0 saturated carbocycles. The predicted molar refractivity (Wildman–Crippen MR) is 65.3 cm³/mol. The largest absolute Gasteiger partial charge is 0.325 e. The summed E-state index contributed by atoms with van der Waals surface area (Å²) in [6.07, 6.45) is 1.93. The number of pyridine rings is 1. The van der Waals surface area contributed by atoms with Crippen LogP contribution in [0.1, 0.15) is 5.69 Å². The number of halogens is 3.